The number of nitrogens with zero attached hydrogens (tertiary/aromatic N) is 6. The van der Waals surface area contributed by atoms with Gasteiger partial charge in [-0.15, -0.1) is 10.2 Å². The van der Waals surface area contributed by atoms with Crippen molar-refractivity contribution in [3.05, 3.63) is 84.3 Å². The number of benzene rings is 2. The Hall–Kier alpha value is -4.10. The third kappa shape index (κ3) is 4.36. The van der Waals surface area contributed by atoms with E-state index < -0.39 is 0 Å². The van der Waals surface area contributed by atoms with E-state index in [4.69, 9.17) is 15.7 Å². The van der Waals surface area contributed by atoms with E-state index in [1.807, 2.05) is 12.3 Å². The van der Waals surface area contributed by atoms with Crippen LogP contribution in [0.2, 0.25) is 0 Å². The molecular weight excluding hydrogens is 482 g/mol. The Kier molecular flexibility index (Phi) is 5.89. The molecule has 196 valence electrons. The fourth-order valence-electron chi connectivity index (χ4n) is 5.75. The molecule has 0 bridgehead atoms. The van der Waals surface area contributed by atoms with Crippen LogP contribution in [0.15, 0.2) is 77.9 Å². The molecule has 5 aromatic rings. The first kappa shape index (κ1) is 24.0. The molecule has 2 fully saturated rings. The smallest absolute Gasteiger partial charge is 0.170 e. The first-order chi connectivity index (χ1) is 19.1. The van der Waals surface area contributed by atoms with Crippen molar-refractivity contribution in [2.24, 2.45) is 10.7 Å². The van der Waals surface area contributed by atoms with Gasteiger partial charge < -0.3 is 10.6 Å². The van der Waals surface area contributed by atoms with Crippen LogP contribution in [0.25, 0.3) is 38.9 Å². The molecule has 0 atom stereocenters. The Morgan fingerprint density at radius 2 is 1.77 bits per heavy atom. The van der Waals surface area contributed by atoms with E-state index in [-0.39, 0.29) is 5.54 Å². The topological polar surface area (TPSA) is 84.7 Å². The Balaban J connectivity index is 1.32. The summed E-state index contributed by atoms with van der Waals surface area (Å²) in [4.78, 5) is 12.5. The van der Waals surface area contributed by atoms with Crippen molar-refractivity contribution in [3.8, 4) is 22.4 Å². The number of hydrogen-bond donors (Lipinski definition) is 1. The lowest BCUT2D eigenvalue weighted by molar-refractivity contribution is 0.385. The maximum atomic E-state index is 6.44. The van der Waals surface area contributed by atoms with E-state index in [1.165, 1.54) is 24.2 Å². The van der Waals surface area contributed by atoms with Gasteiger partial charge in [-0.25, -0.2) is 4.98 Å². The zero-order valence-corrected chi connectivity index (χ0v) is 22.3. The Labute approximate surface area is 228 Å². The number of fused-ring (bicyclic) bond motifs is 3. The molecule has 3 aromatic heterocycles. The maximum Gasteiger partial charge on any atom is 0.170 e. The molecule has 2 aromatic carbocycles. The zero-order valence-electron chi connectivity index (χ0n) is 22.3. The lowest BCUT2D eigenvalue weighted by Gasteiger charge is -2.29. The summed E-state index contributed by atoms with van der Waals surface area (Å²) in [6.07, 6.45) is 7.61. The van der Waals surface area contributed by atoms with Gasteiger partial charge in [0.25, 0.3) is 0 Å². The van der Waals surface area contributed by atoms with Gasteiger partial charge in [0.05, 0.1) is 17.0 Å². The average Bonchev–Trinajstić information content (AvgIpc) is 3.61. The van der Waals surface area contributed by atoms with Crippen molar-refractivity contribution in [1.29, 1.82) is 0 Å². The number of pyridine rings is 2. The van der Waals surface area contributed by atoms with Crippen LogP contribution < -0.4 is 5.73 Å². The van der Waals surface area contributed by atoms with Gasteiger partial charge in [0, 0.05) is 47.8 Å². The first-order valence-electron chi connectivity index (χ1n) is 14.0. The van der Waals surface area contributed by atoms with Crippen molar-refractivity contribution in [2.45, 2.75) is 51.1 Å². The first-order valence-corrected chi connectivity index (χ1v) is 14.0. The monoisotopic (exact) mass is 515 g/mol. The highest BCUT2D eigenvalue weighted by molar-refractivity contribution is 5.98. The highest BCUT2D eigenvalue weighted by Crippen LogP contribution is 2.43. The molecule has 7 heteroatoms. The standard InChI is InChI=1S/C32H33N7/c1-2-38-18-7-6-10-28(38)34-21-29-36-37-31-26-20-25(22-8-4-3-5-9-22)30(35-27(26)15-19-39(29)31)23-11-13-24(14-12-23)32(33)16-17-32/h3-5,8-9,11-15,19-20H,2,6-7,10,16-18,21,33H2,1H3. The molecule has 0 amide bonds. The van der Waals surface area contributed by atoms with Gasteiger partial charge in [-0.1, -0.05) is 54.6 Å². The minimum absolute atomic E-state index is 0.148. The van der Waals surface area contributed by atoms with E-state index in [1.54, 1.807) is 0 Å². The van der Waals surface area contributed by atoms with E-state index in [2.05, 4.69) is 87.1 Å². The normalized spacial score (nSPS) is 17.8. The van der Waals surface area contributed by atoms with Crippen LogP contribution in [-0.2, 0) is 12.1 Å². The largest absolute Gasteiger partial charge is 0.361 e. The molecule has 2 aliphatic rings. The average molecular weight is 516 g/mol. The number of amidine groups is 1. The predicted octanol–water partition coefficient (Wildman–Crippen LogP) is 5.96. The van der Waals surface area contributed by atoms with Gasteiger partial charge in [-0.3, -0.25) is 9.39 Å². The summed E-state index contributed by atoms with van der Waals surface area (Å²) >= 11 is 0. The van der Waals surface area contributed by atoms with Gasteiger partial charge in [0.15, 0.2) is 11.5 Å². The number of hydrogen-bond acceptors (Lipinski definition) is 5. The van der Waals surface area contributed by atoms with Crippen molar-refractivity contribution < 1.29 is 0 Å². The summed E-state index contributed by atoms with van der Waals surface area (Å²) in [5.41, 5.74) is 13.4. The van der Waals surface area contributed by atoms with E-state index in [9.17, 15) is 0 Å². The molecule has 4 heterocycles. The fourth-order valence-corrected chi connectivity index (χ4v) is 5.75. The maximum absolute atomic E-state index is 6.44. The van der Waals surface area contributed by atoms with Crippen LogP contribution >= 0.6 is 0 Å². The second kappa shape index (κ2) is 9.58. The molecule has 0 spiro atoms. The van der Waals surface area contributed by atoms with Crippen LogP contribution in [-0.4, -0.2) is 43.4 Å². The van der Waals surface area contributed by atoms with Crippen LogP contribution in [0.4, 0.5) is 0 Å². The molecule has 7 rings (SSSR count). The number of nitrogens with two attached hydrogens (primary N) is 1. The third-order valence-corrected chi connectivity index (χ3v) is 8.28. The zero-order chi connectivity index (χ0) is 26.4. The third-order valence-electron chi connectivity index (χ3n) is 8.28. The van der Waals surface area contributed by atoms with Gasteiger partial charge in [-0.05, 0) is 55.9 Å². The second-order valence-corrected chi connectivity index (χ2v) is 10.8. The van der Waals surface area contributed by atoms with E-state index >= 15 is 0 Å². The van der Waals surface area contributed by atoms with E-state index in [0.29, 0.717) is 6.54 Å². The number of aliphatic imine (C=N–C) groups is 1. The van der Waals surface area contributed by atoms with Crippen LogP contribution in [0.5, 0.6) is 0 Å². The van der Waals surface area contributed by atoms with Gasteiger partial charge in [0.2, 0.25) is 0 Å². The molecule has 0 radical (unpaired) electrons. The lowest BCUT2D eigenvalue weighted by atomic mass is 9.96. The van der Waals surface area contributed by atoms with Crippen molar-refractivity contribution in [3.63, 3.8) is 0 Å². The number of rotatable bonds is 6. The summed E-state index contributed by atoms with van der Waals surface area (Å²) in [5, 5.41) is 10.1. The van der Waals surface area contributed by atoms with Gasteiger partial charge >= 0.3 is 0 Å². The molecule has 7 nitrogen and oxygen atoms in total. The summed E-state index contributed by atoms with van der Waals surface area (Å²) in [7, 11) is 0. The molecule has 1 aliphatic carbocycles. The summed E-state index contributed by atoms with van der Waals surface area (Å²) in [5.74, 6) is 2.03. The highest BCUT2D eigenvalue weighted by atomic mass is 15.3. The lowest BCUT2D eigenvalue weighted by Crippen LogP contribution is -2.35. The number of piperidine rings is 1. The second-order valence-electron chi connectivity index (χ2n) is 10.8. The minimum Gasteiger partial charge on any atom is -0.361 e. The summed E-state index contributed by atoms with van der Waals surface area (Å²) in [6.45, 7) is 4.80. The molecule has 2 N–H and O–H groups in total. The minimum atomic E-state index is -0.148. The number of aromatic nitrogens is 4. The molecule has 1 aliphatic heterocycles. The molecule has 1 saturated heterocycles. The highest BCUT2D eigenvalue weighted by Gasteiger charge is 2.39. The number of likely N-dealkylation sites (tertiary alicyclic amines) is 1. The Morgan fingerprint density at radius 1 is 0.949 bits per heavy atom. The van der Waals surface area contributed by atoms with Crippen molar-refractivity contribution in [1.82, 2.24) is 24.5 Å². The molecule has 1 saturated carbocycles. The van der Waals surface area contributed by atoms with Gasteiger partial charge in [-0.2, -0.15) is 0 Å². The predicted molar refractivity (Wildman–Crippen MR) is 156 cm³/mol. The van der Waals surface area contributed by atoms with E-state index in [0.717, 1.165) is 77.1 Å². The summed E-state index contributed by atoms with van der Waals surface area (Å²) < 4.78 is 2.06. The Bertz CT molecular complexity index is 1680. The van der Waals surface area contributed by atoms with Crippen LogP contribution in [0.1, 0.15) is 50.4 Å². The SMILES string of the molecule is CCN1CCCCC1=NCc1nnc2c3cc(-c4ccccc4)c(-c4ccc(C5(N)CC5)cc4)nc3ccn12. The van der Waals surface area contributed by atoms with Crippen molar-refractivity contribution in [2.75, 3.05) is 13.1 Å². The van der Waals surface area contributed by atoms with Gasteiger partial charge in [0.1, 0.15) is 6.54 Å². The summed E-state index contributed by atoms with van der Waals surface area (Å²) in [6, 6.07) is 23.3. The molecule has 39 heavy (non-hydrogen) atoms. The molecule has 0 unspecified atom stereocenters. The van der Waals surface area contributed by atoms with Crippen LogP contribution in [0, 0.1) is 0 Å². The molecular formula is C32H33N7. The Morgan fingerprint density at radius 3 is 2.54 bits per heavy atom. The quantitative estimate of drug-likeness (QED) is 0.301. The van der Waals surface area contributed by atoms with Crippen LogP contribution in [0.3, 0.4) is 0 Å². The fraction of sp³-hybridized carbons (Fsp3) is 0.312. The van der Waals surface area contributed by atoms with Crippen molar-refractivity contribution >= 4 is 22.4 Å².